The molecule has 0 aromatic heterocycles. The first-order chi connectivity index (χ1) is 11.8. The van der Waals surface area contributed by atoms with Crippen LogP contribution >= 0.6 is 0 Å². The van der Waals surface area contributed by atoms with Gasteiger partial charge in [-0.25, -0.2) is 0 Å². The Morgan fingerprint density at radius 2 is 1.46 bits per heavy atom. The van der Waals surface area contributed by atoms with Crippen LogP contribution in [0.25, 0.3) is 11.6 Å². The highest BCUT2D eigenvalue weighted by Gasteiger charge is 2.34. The maximum Gasteiger partial charge on any atom is 0.119 e. The summed E-state index contributed by atoms with van der Waals surface area (Å²) in [5, 5.41) is 0. The van der Waals surface area contributed by atoms with E-state index in [-0.39, 0.29) is 0 Å². The number of rotatable bonds is 3. The molecule has 24 heavy (non-hydrogen) atoms. The first kappa shape index (κ1) is 15.3. The summed E-state index contributed by atoms with van der Waals surface area (Å²) in [6.07, 6.45) is 7.63. The minimum atomic E-state index is 0.632. The predicted molar refractivity (Wildman–Crippen MR) is 98.6 cm³/mol. The molecule has 0 aliphatic heterocycles. The average molecular weight is 320 g/mol. The Morgan fingerprint density at radius 1 is 0.792 bits per heavy atom. The molecule has 2 nitrogen and oxygen atoms in total. The Morgan fingerprint density at radius 3 is 2.17 bits per heavy atom. The van der Waals surface area contributed by atoms with Crippen molar-refractivity contribution in [2.45, 2.75) is 31.6 Å². The van der Waals surface area contributed by atoms with Crippen molar-refractivity contribution in [3.63, 3.8) is 0 Å². The quantitative estimate of drug-likeness (QED) is 0.740. The minimum absolute atomic E-state index is 0.632. The molecule has 0 spiro atoms. The van der Waals surface area contributed by atoms with Gasteiger partial charge in [0.2, 0.25) is 0 Å². The number of benzene rings is 2. The molecule has 0 radical (unpaired) electrons. The van der Waals surface area contributed by atoms with E-state index in [4.69, 9.17) is 9.47 Å². The molecule has 0 N–H and O–H groups in total. The zero-order valence-corrected chi connectivity index (χ0v) is 14.4. The summed E-state index contributed by atoms with van der Waals surface area (Å²) < 4.78 is 10.8. The fraction of sp³-hybridized carbons (Fsp3) is 0.364. The van der Waals surface area contributed by atoms with E-state index < -0.39 is 0 Å². The van der Waals surface area contributed by atoms with Crippen molar-refractivity contribution < 1.29 is 9.47 Å². The number of methoxy groups -OCH3 is 2. The van der Waals surface area contributed by atoms with Gasteiger partial charge in [-0.2, -0.15) is 0 Å². The Hall–Kier alpha value is -2.22. The maximum atomic E-state index is 5.44. The molecule has 0 heterocycles. The van der Waals surface area contributed by atoms with Crippen LogP contribution in [0.5, 0.6) is 11.5 Å². The van der Waals surface area contributed by atoms with Gasteiger partial charge in [-0.3, -0.25) is 0 Å². The van der Waals surface area contributed by atoms with Crippen LogP contribution in [0.4, 0.5) is 0 Å². The highest BCUT2D eigenvalue weighted by Crippen LogP contribution is 2.50. The van der Waals surface area contributed by atoms with E-state index in [0.29, 0.717) is 11.8 Å². The van der Waals surface area contributed by atoms with Crippen molar-refractivity contribution in [3.05, 3.63) is 59.2 Å². The van der Waals surface area contributed by atoms with Gasteiger partial charge in [0.15, 0.2) is 0 Å². The van der Waals surface area contributed by atoms with Crippen LogP contribution in [0.3, 0.4) is 0 Å². The summed E-state index contributed by atoms with van der Waals surface area (Å²) in [6.45, 7) is 0. The fourth-order valence-electron chi connectivity index (χ4n) is 4.37. The molecule has 1 fully saturated rings. The van der Waals surface area contributed by atoms with Gasteiger partial charge >= 0.3 is 0 Å². The predicted octanol–water partition coefficient (Wildman–Crippen LogP) is 5.53. The Kier molecular flexibility index (Phi) is 4.05. The fourth-order valence-corrected chi connectivity index (χ4v) is 4.37. The van der Waals surface area contributed by atoms with E-state index in [1.807, 2.05) is 0 Å². The number of fused-ring (bicyclic) bond motifs is 3. The number of ether oxygens (including phenoxy) is 2. The molecule has 2 aromatic carbocycles. The molecule has 2 heteroatoms. The van der Waals surface area contributed by atoms with Crippen molar-refractivity contribution in [1.29, 1.82) is 0 Å². The van der Waals surface area contributed by atoms with Crippen molar-refractivity contribution in [3.8, 4) is 11.5 Å². The first-order valence-electron chi connectivity index (χ1n) is 8.84. The minimum Gasteiger partial charge on any atom is -0.497 e. The molecule has 2 aromatic rings. The molecule has 0 bridgehead atoms. The molecule has 0 saturated heterocycles. The lowest BCUT2D eigenvalue weighted by atomic mass is 9.66. The standard InChI is InChI=1S/C22H24O2/c1-23-17-9-7-15(8-10-17)22-14-16-13-18(24-2)11-12-19(16)20-5-3-4-6-21(20)22/h7-14,20-21H,3-6H2,1-2H3/t20-,21-/m0/s1. The molecule has 0 unspecified atom stereocenters. The topological polar surface area (TPSA) is 18.5 Å². The summed E-state index contributed by atoms with van der Waals surface area (Å²) in [7, 11) is 3.45. The summed E-state index contributed by atoms with van der Waals surface area (Å²) in [4.78, 5) is 0. The SMILES string of the molecule is COc1ccc(C2=Cc3cc(OC)ccc3[C@@H]3CCCC[C@H]23)cc1. The Balaban J connectivity index is 1.81. The lowest BCUT2D eigenvalue weighted by Crippen LogP contribution is -2.22. The zero-order chi connectivity index (χ0) is 16.5. The second-order valence-corrected chi connectivity index (χ2v) is 6.82. The molecule has 124 valence electrons. The van der Waals surface area contributed by atoms with Crippen LogP contribution < -0.4 is 9.47 Å². The van der Waals surface area contributed by atoms with Gasteiger partial charge in [0.25, 0.3) is 0 Å². The molecule has 0 amide bonds. The Bertz CT molecular complexity index is 758. The smallest absolute Gasteiger partial charge is 0.119 e. The van der Waals surface area contributed by atoms with Crippen LogP contribution in [0, 0.1) is 5.92 Å². The molecular formula is C22H24O2. The molecular weight excluding hydrogens is 296 g/mol. The number of allylic oxidation sites excluding steroid dienone is 1. The number of hydrogen-bond acceptors (Lipinski definition) is 2. The third kappa shape index (κ3) is 2.60. The van der Waals surface area contributed by atoms with E-state index in [2.05, 4.69) is 48.5 Å². The van der Waals surface area contributed by atoms with Crippen LogP contribution in [-0.4, -0.2) is 14.2 Å². The van der Waals surface area contributed by atoms with E-state index in [9.17, 15) is 0 Å². The van der Waals surface area contributed by atoms with Gasteiger partial charge in [-0.05, 0) is 71.2 Å². The van der Waals surface area contributed by atoms with Crippen molar-refractivity contribution in [2.24, 2.45) is 5.92 Å². The molecule has 4 rings (SSSR count). The third-order valence-corrected chi connectivity index (χ3v) is 5.59. The zero-order valence-electron chi connectivity index (χ0n) is 14.4. The van der Waals surface area contributed by atoms with Crippen LogP contribution in [0.2, 0.25) is 0 Å². The molecule has 2 aliphatic rings. The lowest BCUT2D eigenvalue weighted by Gasteiger charge is -2.38. The van der Waals surface area contributed by atoms with Gasteiger partial charge in [0.05, 0.1) is 14.2 Å². The average Bonchev–Trinajstić information content (AvgIpc) is 2.67. The van der Waals surface area contributed by atoms with E-state index >= 15 is 0 Å². The monoisotopic (exact) mass is 320 g/mol. The summed E-state index contributed by atoms with van der Waals surface area (Å²) in [6, 6.07) is 15.1. The molecule has 2 atom stereocenters. The van der Waals surface area contributed by atoms with Gasteiger partial charge < -0.3 is 9.47 Å². The van der Waals surface area contributed by atoms with Crippen LogP contribution in [-0.2, 0) is 0 Å². The van der Waals surface area contributed by atoms with Crippen molar-refractivity contribution in [2.75, 3.05) is 14.2 Å². The van der Waals surface area contributed by atoms with E-state index in [1.54, 1.807) is 14.2 Å². The first-order valence-corrected chi connectivity index (χ1v) is 8.84. The number of hydrogen-bond donors (Lipinski definition) is 0. The summed E-state index contributed by atoms with van der Waals surface area (Å²) in [5.41, 5.74) is 5.62. The lowest BCUT2D eigenvalue weighted by molar-refractivity contribution is 0.368. The van der Waals surface area contributed by atoms with Crippen LogP contribution in [0.1, 0.15) is 48.3 Å². The second-order valence-electron chi connectivity index (χ2n) is 6.82. The van der Waals surface area contributed by atoms with E-state index in [0.717, 1.165) is 11.5 Å². The van der Waals surface area contributed by atoms with Crippen molar-refractivity contribution >= 4 is 11.6 Å². The van der Waals surface area contributed by atoms with Gasteiger partial charge in [-0.1, -0.05) is 37.1 Å². The van der Waals surface area contributed by atoms with Crippen molar-refractivity contribution in [1.82, 2.24) is 0 Å². The summed E-state index contributed by atoms with van der Waals surface area (Å²) in [5.74, 6) is 3.13. The van der Waals surface area contributed by atoms with Gasteiger partial charge in [0.1, 0.15) is 11.5 Å². The third-order valence-electron chi connectivity index (χ3n) is 5.59. The highest BCUT2D eigenvalue weighted by molar-refractivity contribution is 5.87. The second kappa shape index (κ2) is 6.35. The maximum absolute atomic E-state index is 5.44. The van der Waals surface area contributed by atoms with E-state index in [1.165, 1.54) is 47.9 Å². The largest absolute Gasteiger partial charge is 0.497 e. The van der Waals surface area contributed by atoms with Gasteiger partial charge in [0, 0.05) is 0 Å². The Labute approximate surface area is 144 Å². The highest BCUT2D eigenvalue weighted by atomic mass is 16.5. The normalized spacial score (nSPS) is 22.2. The molecule has 1 saturated carbocycles. The molecule has 2 aliphatic carbocycles. The van der Waals surface area contributed by atoms with Crippen LogP contribution in [0.15, 0.2) is 42.5 Å². The van der Waals surface area contributed by atoms with Gasteiger partial charge in [-0.15, -0.1) is 0 Å². The summed E-state index contributed by atoms with van der Waals surface area (Å²) >= 11 is 0.